The molecule has 0 bridgehead atoms. The largest absolute Gasteiger partial charge is 0.273 e. The van der Waals surface area contributed by atoms with Gasteiger partial charge in [-0.25, -0.2) is 13.8 Å². The molecule has 1 saturated heterocycles. The average molecular weight is 392 g/mol. The van der Waals surface area contributed by atoms with Gasteiger partial charge in [0.25, 0.3) is 0 Å². The van der Waals surface area contributed by atoms with Crippen molar-refractivity contribution in [3.8, 4) is 0 Å². The number of amides is 1. The topological polar surface area (TPSA) is 78.8 Å². The van der Waals surface area contributed by atoms with E-state index in [0.29, 0.717) is 19.4 Å². The summed E-state index contributed by atoms with van der Waals surface area (Å²) in [4.78, 5) is 13.6. The lowest BCUT2D eigenvalue weighted by Gasteiger charge is -2.30. The van der Waals surface area contributed by atoms with Gasteiger partial charge in [0.15, 0.2) is 0 Å². The van der Waals surface area contributed by atoms with Crippen LogP contribution >= 0.6 is 11.3 Å². The Bertz CT molecular complexity index is 891. The summed E-state index contributed by atoms with van der Waals surface area (Å²) in [6, 6.07) is 10.3. The highest BCUT2D eigenvalue weighted by Crippen LogP contribution is 2.23. The highest BCUT2D eigenvalue weighted by atomic mass is 32.2. The van der Waals surface area contributed by atoms with Crippen LogP contribution in [0.1, 0.15) is 23.3 Å². The molecule has 2 aromatic rings. The van der Waals surface area contributed by atoms with Crippen molar-refractivity contribution in [2.75, 3.05) is 13.1 Å². The highest BCUT2D eigenvalue weighted by Gasteiger charge is 2.33. The van der Waals surface area contributed by atoms with Gasteiger partial charge in [0.05, 0.1) is 17.0 Å². The number of nitrogens with one attached hydrogen (secondary N) is 1. The molecule has 1 aromatic carbocycles. The van der Waals surface area contributed by atoms with Gasteiger partial charge in [-0.1, -0.05) is 18.2 Å². The molecule has 3 rings (SSSR count). The Balaban J connectivity index is 1.64. The molecular formula is C18H21N3O3S2. The summed E-state index contributed by atoms with van der Waals surface area (Å²) in [6.07, 6.45) is 2.93. The summed E-state index contributed by atoms with van der Waals surface area (Å²) in [5.41, 5.74) is 3.65. The number of benzene rings is 1. The van der Waals surface area contributed by atoms with Crippen molar-refractivity contribution in [3.63, 3.8) is 0 Å². The molecule has 0 aliphatic carbocycles. The van der Waals surface area contributed by atoms with Crippen LogP contribution in [0.25, 0.3) is 0 Å². The van der Waals surface area contributed by atoms with Crippen molar-refractivity contribution in [1.82, 2.24) is 9.73 Å². The zero-order valence-electron chi connectivity index (χ0n) is 14.5. The Kier molecular flexibility index (Phi) is 5.85. The number of aryl methyl sites for hydroxylation is 1. The number of rotatable bonds is 5. The number of carbonyl (C=O) groups is 1. The average Bonchev–Trinajstić information content (AvgIpc) is 3.07. The fraction of sp³-hybridized carbons (Fsp3) is 0.333. The molecule has 0 radical (unpaired) electrons. The highest BCUT2D eigenvalue weighted by molar-refractivity contribution is 7.89. The number of carbonyl (C=O) groups excluding carboxylic acids is 1. The quantitative estimate of drug-likeness (QED) is 0.629. The normalized spacial score (nSPS) is 18.9. The van der Waals surface area contributed by atoms with Crippen LogP contribution in [0.2, 0.25) is 0 Å². The molecule has 26 heavy (non-hydrogen) atoms. The predicted molar refractivity (Wildman–Crippen MR) is 103 cm³/mol. The molecule has 0 saturated carbocycles. The molecule has 1 aromatic heterocycles. The van der Waals surface area contributed by atoms with E-state index in [9.17, 15) is 13.2 Å². The number of hydrogen-bond donors (Lipinski definition) is 1. The number of hydrogen-bond acceptors (Lipinski definition) is 5. The molecule has 0 spiro atoms. The van der Waals surface area contributed by atoms with Gasteiger partial charge in [-0.05, 0) is 48.9 Å². The first-order valence-corrected chi connectivity index (χ1v) is 10.7. The van der Waals surface area contributed by atoms with E-state index < -0.39 is 15.9 Å². The molecule has 8 heteroatoms. The zero-order valence-corrected chi connectivity index (χ0v) is 16.1. The maximum atomic E-state index is 12.7. The molecule has 6 nitrogen and oxygen atoms in total. The van der Waals surface area contributed by atoms with E-state index in [0.717, 1.165) is 10.4 Å². The Morgan fingerprint density at radius 2 is 2.08 bits per heavy atom. The van der Waals surface area contributed by atoms with E-state index in [2.05, 4.69) is 10.5 Å². The molecule has 1 amide bonds. The van der Waals surface area contributed by atoms with Crippen LogP contribution < -0.4 is 5.43 Å². The minimum absolute atomic E-state index is 0.177. The summed E-state index contributed by atoms with van der Waals surface area (Å²) in [6.45, 7) is 2.59. The van der Waals surface area contributed by atoms with Gasteiger partial charge in [0, 0.05) is 18.0 Å². The molecule has 138 valence electrons. The fourth-order valence-electron chi connectivity index (χ4n) is 2.88. The third-order valence-corrected chi connectivity index (χ3v) is 7.23. The minimum Gasteiger partial charge on any atom is -0.273 e. The van der Waals surface area contributed by atoms with Gasteiger partial charge in [0.2, 0.25) is 15.9 Å². The molecular weight excluding hydrogens is 370 g/mol. The number of piperidine rings is 1. The third-order valence-electron chi connectivity index (χ3n) is 4.39. The second-order valence-corrected chi connectivity index (χ2v) is 9.10. The second-order valence-electron chi connectivity index (χ2n) is 6.22. The smallest absolute Gasteiger partial charge is 0.244 e. The Labute approximate surface area is 157 Å². The van der Waals surface area contributed by atoms with E-state index in [-0.39, 0.29) is 17.3 Å². The van der Waals surface area contributed by atoms with Crippen LogP contribution in [0.15, 0.2) is 51.8 Å². The van der Waals surface area contributed by atoms with Crippen LogP contribution in [-0.2, 0) is 14.8 Å². The fourth-order valence-corrected chi connectivity index (χ4v) is 5.21. The van der Waals surface area contributed by atoms with E-state index in [1.165, 1.54) is 4.31 Å². The van der Waals surface area contributed by atoms with E-state index in [1.807, 2.05) is 18.4 Å². The minimum atomic E-state index is -3.57. The van der Waals surface area contributed by atoms with Gasteiger partial charge in [-0.15, -0.1) is 11.3 Å². The molecule has 1 aliphatic heterocycles. The SMILES string of the molecule is Cc1ccsc1C=NNC(=O)C1CCCN(S(=O)(=O)c2ccccc2)C1. The number of hydrazone groups is 1. The van der Waals surface area contributed by atoms with Crippen LogP contribution in [-0.4, -0.2) is 37.9 Å². The van der Waals surface area contributed by atoms with Gasteiger partial charge in [0.1, 0.15) is 0 Å². The van der Waals surface area contributed by atoms with Crippen molar-refractivity contribution in [1.29, 1.82) is 0 Å². The lowest BCUT2D eigenvalue weighted by molar-refractivity contribution is -0.126. The van der Waals surface area contributed by atoms with E-state index >= 15 is 0 Å². The van der Waals surface area contributed by atoms with Crippen molar-refractivity contribution in [2.24, 2.45) is 11.0 Å². The first-order valence-electron chi connectivity index (χ1n) is 8.40. The number of thiophene rings is 1. The molecule has 1 N–H and O–H groups in total. The lowest BCUT2D eigenvalue weighted by atomic mass is 9.99. The van der Waals surface area contributed by atoms with Gasteiger partial charge >= 0.3 is 0 Å². The summed E-state index contributed by atoms with van der Waals surface area (Å²) in [7, 11) is -3.57. The van der Waals surface area contributed by atoms with Crippen LogP contribution in [0.4, 0.5) is 0 Å². The molecule has 1 unspecified atom stereocenters. The van der Waals surface area contributed by atoms with Crippen molar-refractivity contribution >= 4 is 33.5 Å². The van der Waals surface area contributed by atoms with Crippen molar-refractivity contribution in [3.05, 3.63) is 52.2 Å². The van der Waals surface area contributed by atoms with Crippen LogP contribution in [0.5, 0.6) is 0 Å². The summed E-state index contributed by atoms with van der Waals surface area (Å²) in [5.74, 6) is -0.646. The van der Waals surface area contributed by atoms with Gasteiger partial charge in [-0.2, -0.15) is 9.41 Å². The first-order chi connectivity index (χ1) is 12.5. The molecule has 1 atom stereocenters. The first kappa shape index (κ1) is 18.8. The van der Waals surface area contributed by atoms with Gasteiger partial charge in [-0.3, -0.25) is 4.79 Å². The molecule has 2 heterocycles. The predicted octanol–water partition coefficient (Wildman–Crippen LogP) is 2.61. The zero-order chi connectivity index (χ0) is 18.6. The Morgan fingerprint density at radius 1 is 1.31 bits per heavy atom. The molecule has 1 aliphatic rings. The lowest BCUT2D eigenvalue weighted by Crippen LogP contribution is -2.44. The summed E-state index contributed by atoms with van der Waals surface area (Å²) >= 11 is 1.55. The number of nitrogens with zero attached hydrogens (tertiary/aromatic N) is 2. The monoisotopic (exact) mass is 391 g/mol. The third kappa shape index (κ3) is 4.20. The van der Waals surface area contributed by atoms with Crippen LogP contribution in [0, 0.1) is 12.8 Å². The van der Waals surface area contributed by atoms with Crippen molar-refractivity contribution in [2.45, 2.75) is 24.7 Å². The maximum absolute atomic E-state index is 12.7. The maximum Gasteiger partial charge on any atom is 0.244 e. The van der Waals surface area contributed by atoms with E-state index in [1.54, 1.807) is 47.9 Å². The van der Waals surface area contributed by atoms with Gasteiger partial charge < -0.3 is 0 Å². The van der Waals surface area contributed by atoms with E-state index in [4.69, 9.17) is 0 Å². The summed E-state index contributed by atoms with van der Waals surface area (Å²) in [5, 5.41) is 5.98. The Hall–Kier alpha value is -2.03. The van der Waals surface area contributed by atoms with Crippen LogP contribution in [0.3, 0.4) is 0 Å². The molecule has 1 fully saturated rings. The second kappa shape index (κ2) is 8.11. The van der Waals surface area contributed by atoms with Crippen molar-refractivity contribution < 1.29 is 13.2 Å². The summed E-state index contributed by atoms with van der Waals surface area (Å²) < 4.78 is 26.8. The number of sulfonamides is 1. The Morgan fingerprint density at radius 3 is 2.77 bits per heavy atom. The standard InChI is InChI=1S/C18H21N3O3S2/c1-14-9-11-25-17(14)12-19-20-18(22)15-6-5-10-21(13-15)26(23,24)16-7-3-2-4-8-16/h2-4,7-9,11-12,15H,5-6,10,13H2,1H3,(H,20,22).